The Kier molecular flexibility index (Phi) is 3.88. The molecule has 0 unspecified atom stereocenters. The van der Waals surface area contributed by atoms with E-state index >= 15 is 0 Å². The van der Waals surface area contributed by atoms with Crippen LogP contribution in [-0.2, 0) is 6.54 Å². The minimum absolute atomic E-state index is 0.110. The van der Waals surface area contributed by atoms with Crippen molar-refractivity contribution in [3.63, 3.8) is 0 Å². The van der Waals surface area contributed by atoms with Crippen molar-refractivity contribution in [3.05, 3.63) is 52.8 Å². The van der Waals surface area contributed by atoms with Crippen molar-refractivity contribution in [1.82, 2.24) is 4.57 Å². The number of aromatic nitrogens is 1. The van der Waals surface area contributed by atoms with Gasteiger partial charge in [-0.05, 0) is 30.3 Å². The molecule has 0 aliphatic rings. The van der Waals surface area contributed by atoms with E-state index in [1.807, 2.05) is 6.07 Å². The van der Waals surface area contributed by atoms with Crippen LogP contribution in [0.5, 0.6) is 5.75 Å². The van der Waals surface area contributed by atoms with Gasteiger partial charge in [-0.3, -0.25) is 4.79 Å². The fourth-order valence-corrected chi connectivity index (χ4v) is 2.00. The fourth-order valence-electron chi connectivity index (χ4n) is 1.74. The van der Waals surface area contributed by atoms with E-state index < -0.39 is 0 Å². The monoisotopic (exact) mass is 274 g/mol. The highest BCUT2D eigenvalue weighted by atomic mass is 35.5. The van der Waals surface area contributed by atoms with Gasteiger partial charge in [0.25, 0.3) is 0 Å². The summed E-state index contributed by atoms with van der Waals surface area (Å²) in [5, 5.41) is 9.27. The van der Waals surface area contributed by atoms with Crippen molar-refractivity contribution < 1.29 is 9.53 Å². The highest BCUT2D eigenvalue weighted by Gasteiger charge is 2.11. The third-order valence-electron chi connectivity index (χ3n) is 2.73. The van der Waals surface area contributed by atoms with Crippen LogP contribution in [0.15, 0.2) is 36.5 Å². The van der Waals surface area contributed by atoms with E-state index in [1.54, 1.807) is 41.1 Å². The van der Waals surface area contributed by atoms with E-state index in [0.29, 0.717) is 22.0 Å². The Morgan fingerprint density at radius 1 is 1.47 bits per heavy atom. The van der Waals surface area contributed by atoms with Gasteiger partial charge in [0.2, 0.25) is 0 Å². The van der Waals surface area contributed by atoms with Crippen molar-refractivity contribution in [3.8, 4) is 11.8 Å². The molecule has 0 radical (unpaired) electrons. The molecule has 1 aromatic carbocycles. The molecule has 19 heavy (non-hydrogen) atoms. The largest absolute Gasteiger partial charge is 0.495 e. The molecule has 0 bridgehead atoms. The second kappa shape index (κ2) is 5.59. The van der Waals surface area contributed by atoms with Gasteiger partial charge in [-0.15, -0.1) is 0 Å². The van der Waals surface area contributed by atoms with Gasteiger partial charge in [0.15, 0.2) is 5.78 Å². The number of halogens is 1. The topological polar surface area (TPSA) is 55.0 Å². The zero-order valence-electron chi connectivity index (χ0n) is 10.3. The first kappa shape index (κ1) is 13.2. The number of nitriles is 1. The number of hydrogen-bond donors (Lipinski definition) is 0. The summed E-state index contributed by atoms with van der Waals surface area (Å²) in [6.07, 6.45) is 1.70. The number of hydrogen-bond acceptors (Lipinski definition) is 3. The predicted molar refractivity (Wildman–Crippen MR) is 71.5 cm³/mol. The quantitative estimate of drug-likeness (QED) is 0.806. The van der Waals surface area contributed by atoms with E-state index in [2.05, 4.69) is 0 Å². The van der Waals surface area contributed by atoms with Crippen LogP contribution >= 0.6 is 11.6 Å². The number of ketones is 1. The van der Waals surface area contributed by atoms with Crippen LogP contribution in [-0.4, -0.2) is 17.5 Å². The summed E-state index contributed by atoms with van der Waals surface area (Å²) in [6.45, 7) is 0.110. The van der Waals surface area contributed by atoms with Gasteiger partial charge in [-0.1, -0.05) is 11.6 Å². The summed E-state index contributed by atoms with van der Waals surface area (Å²) in [4.78, 5) is 12.1. The van der Waals surface area contributed by atoms with Crippen LogP contribution in [0.25, 0.3) is 0 Å². The summed E-state index contributed by atoms with van der Waals surface area (Å²) < 4.78 is 6.63. The molecule has 0 fully saturated rings. The van der Waals surface area contributed by atoms with Crippen LogP contribution in [0.3, 0.4) is 0 Å². The van der Waals surface area contributed by atoms with Gasteiger partial charge in [0.1, 0.15) is 17.5 Å². The van der Waals surface area contributed by atoms with E-state index in [0.717, 1.165) is 0 Å². The average Bonchev–Trinajstić information content (AvgIpc) is 2.85. The fraction of sp³-hybridized carbons (Fsp3) is 0.143. The number of rotatable bonds is 4. The van der Waals surface area contributed by atoms with Crippen LogP contribution in [0.2, 0.25) is 5.02 Å². The Hall–Kier alpha value is -2.25. The standard InChI is InChI=1S/C14H11ClN2O2/c1-19-14-5-4-10(7-12(14)15)13(18)9-17-6-2-3-11(17)8-16/h2-7H,9H2,1H3. The lowest BCUT2D eigenvalue weighted by molar-refractivity contribution is 0.0972. The summed E-state index contributed by atoms with van der Waals surface area (Å²) in [5.41, 5.74) is 0.941. The molecule has 2 aromatic rings. The van der Waals surface area contributed by atoms with Crippen LogP contribution in [0.1, 0.15) is 16.1 Å². The molecule has 0 aliphatic carbocycles. The molecule has 0 aliphatic heterocycles. The molecule has 0 N–H and O–H groups in total. The summed E-state index contributed by atoms with van der Waals surface area (Å²) >= 11 is 5.98. The molecule has 1 heterocycles. The van der Waals surface area contributed by atoms with E-state index in [4.69, 9.17) is 21.6 Å². The second-order valence-electron chi connectivity index (χ2n) is 3.91. The number of Topliss-reactive ketones (excluding diaryl/α,β-unsaturated/α-hetero) is 1. The maximum absolute atomic E-state index is 12.1. The number of methoxy groups -OCH3 is 1. The zero-order valence-corrected chi connectivity index (χ0v) is 11.0. The molecule has 0 amide bonds. The van der Waals surface area contributed by atoms with E-state index in [-0.39, 0.29) is 12.3 Å². The number of nitrogens with zero attached hydrogens (tertiary/aromatic N) is 2. The minimum atomic E-state index is -0.114. The first-order valence-corrected chi connectivity index (χ1v) is 5.95. The molecule has 5 heteroatoms. The van der Waals surface area contributed by atoms with E-state index in [1.165, 1.54) is 7.11 Å². The van der Waals surface area contributed by atoms with Crippen LogP contribution < -0.4 is 4.74 Å². The molecule has 0 atom stereocenters. The van der Waals surface area contributed by atoms with E-state index in [9.17, 15) is 4.79 Å². The van der Waals surface area contributed by atoms with Crippen molar-refractivity contribution in [2.24, 2.45) is 0 Å². The molecule has 1 aromatic heterocycles. The molecule has 0 spiro atoms. The molecule has 0 saturated carbocycles. The minimum Gasteiger partial charge on any atom is -0.495 e. The lowest BCUT2D eigenvalue weighted by Crippen LogP contribution is -2.11. The first-order valence-electron chi connectivity index (χ1n) is 5.57. The smallest absolute Gasteiger partial charge is 0.182 e. The highest BCUT2D eigenvalue weighted by molar-refractivity contribution is 6.32. The maximum Gasteiger partial charge on any atom is 0.182 e. The van der Waals surface area contributed by atoms with Crippen molar-refractivity contribution in [1.29, 1.82) is 5.26 Å². The Balaban J connectivity index is 2.21. The molecule has 96 valence electrons. The lowest BCUT2D eigenvalue weighted by atomic mass is 10.1. The third-order valence-corrected chi connectivity index (χ3v) is 3.03. The number of carbonyl (C=O) groups is 1. The van der Waals surface area contributed by atoms with Crippen LogP contribution in [0, 0.1) is 11.3 Å². The Labute approximate surface area is 115 Å². The summed E-state index contributed by atoms with van der Waals surface area (Å²) in [7, 11) is 1.52. The van der Waals surface area contributed by atoms with Gasteiger partial charge in [0.05, 0.1) is 18.7 Å². The highest BCUT2D eigenvalue weighted by Crippen LogP contribution is 2.25. The summed E-state index contributed by atoms with van der Waals surface area (Å²) in [5.74, 6) is 0.411. The molecule has 4 nitrogen and oxygen atoms in total. The van der Waals surface area contributed by atoms with Gasteiger partial charge >= 0.3 is 0 Å². The van der Waals surface area contributed by atoms with Crippen molar-refractivity contribution in [2.45, 2.75) is 6.54 Å². The van der Waals surface area contributed by atoms with Gasteiger partial charge < -0.3 is 9.30 Å². The zero-order chi connectivity index (χ0) is 13.8. The number of ether oxygens (including phenoxy) is 1. The molecular formula is C14H11ClN2O2. The molecule has 0 saturated heterocycles. The van der Waals surface area contributed by atoms with Gasteiger partial charge in [-0.25, -0.2) is 0 Å². The molecule has 2 rings (SSSR count). The Bertz CT molecular complexity index is 656. The Morgan fingerprint density at radius 3 is 2.89 bits per heavy atom. The molecular weight excluding hydrogens is 264 g/mol. The predicted octanol–water partition coefficient (Wildman–Crippen LogP) is 2.90. The maximum atomic E-state index is 12.1. The van der Waals surface area contributed by atoms with Crippen LogP contribution in [0.4, 0.5) is 0 Å². The van der Waals surface area contributed by atoms with Gasteiger partial charge in [-0.2, -0.15) is 5.26 Å². The van der Waals surface area contributed by atoms with Crippen molar-refractivity contribution >= 4 is 17.4 Å². The first-order chi connectivity index (χ1) is 9.15. The Morgan fingerprint density at radius 2 is 2.26 bits per heavy atom. The van der Waals surface area contributed by atoms with Crippen molar-refractivity contribution in [2.75, 3.05) is 7.11 Å². The number of carbonyl (C=O) groups excluding carboxylic acids is 1. The SMILES string of the molecule is COc1ccc(C(=O)Cn2cccc2C#N)cc1Cl. The second-order valence-corrected chi connectivity index (χ2v) is 4.31. The normalized spacial score (nSPS) is 9.95. The summed E-state index contributed by atoms with van der Waals surface area (Å²) in [6, 6.07) is 10.3. The lowest BCUT2D eigenvalue weighted by Gasteiger charge is -2.07. The number of benzene rings is 1. The average molecular weight is 275 g/mol. The van der Waals surface area contributed by atoms with Gasteiger partial charge in [0, 0.05) is 11.8 Å². The third kappa shape index (κ3) is 2.78.